The molecule has 2 rings (SSSR count). The standard InChI is InChI=1S/C9H8Cl2N2O/c10-7-2-1-6(5-8(7)11)13-9-12-3-4-14-9/h1-2,5H,3-4H2,(H,12,13). The van der Waals surface area contributed by atoms with Crippen molar-refractivity contribution < 1.29 is 4.74 Å². The Morgan fingerprint density at radius 1 is 1.29 bits per heavy atom. The van der Waals surface area contributed by atoms with Gasteiger partial charge in [-0.25, -0.2) is 4.99 Å². The summed E-state index contributed by atoms with van der Waals surface area (Å²) in [5.74, 6) is 0. The fourth-order valence-corrected chi connectivity index (χ4v) is 1.41. The Bertz CT molecular complexity index is 379. The second-order valence-electron chi connectivity index (χ2n) is 2.79. The van der Waals surface area contributed by atoms with Crippen molar-refractivity contribution in [2.24, 2.45) is 4.99 Å². The Labute approximate surface area is 91.7 Å². The zero-order valence-corrected chi connectivity index (χ0v) is 8.77. The lowest BCUT2D eigenvalue weighted by Gasteiger charge is -2.06. The van der Waals surface area contributed by atoms with Gasteiger partial charge in [-0.1, -0.05) is 23.2 Å². The van der Waals surface area contributed by atoms with E-state index in [0.29, 0.717) is 29.2 Å². The van der Waals surface area contributed by atoms with Crippen LogP contribution >= 0.6 is 23.2 Å². The highest BCUT2D eigenvalue weighted by Crippen LogP contribution is 2.25. The van der Waals surface area contributed by atoms with E-state index < -0.39 is 0 Å². The van der Waals surface area contributed by atoms with Gasteiger partial charge in [0.05, 0.1) is 16.6 Å². The van der Waals surface area contributed by atoms with Crippen LogP contribution in [0.25, 0.3) is 0 Å². The number of amidine groups is 1. The first-order valence-electron chi connectivity index (χ1n) is 4.15. The molecule has 0 fully saturated rings. The Hall–Kier alpha value is -0.930. The molecular weight excluding hydrogens is 223 g/mol. The average molecular weight is 231 g/mol. The van der Waals surface area contributed by atoms with Crippen LogP contribution in [0.1, 0.15) is 0 Å². The second-order valence-corrected chi connectivity index (χ2v) is 3.60. The third-order valence-electron chi connectivity index (χ3n) is 1.76. The molecule has 1 aliphatic heterocycles. The largest absolute Gasteiger partial charge is 0.463 e. The molecule has 74 valence electrons. The Kier molecular flexibility index (Phi) is 2.79. The van der Waals surface area contributed by atoms with Crippen molar-refractivity contribution in [1.82, 2.24) is 0 Å². The van der Waals surface area contributed by atoms with Crippen molar-refractivity contribution in [3.8, 4) is 0 Å². The quantitative estimate of drug-likeness (QED) is 0.806. The van der Waals surface area contributed by atoms with Crippen molar-refractivity contribution in [1.29, 1.82) is 0 Å². The molecule has 0 unspecified atom stereocenters. The Morgan fingerprint density at radius 2 is 2.14 bits per heavy atom. The molecule has 0 spiro atoms. The van der Waals surface area contributed by atoms with E-state index in [1.165, 1.54) is 0 Å². The zero-order chi connectivity index (χ0) is 9.97. The van der Waals surface area contributed by atoms with Gasteiger partial charge in [-0.05, 0) is 18.2 Å². The van der Waals surface area contributed by atoms with Crippen molar-refractivity contribution in [2.45, 2.75) is 0 Å². The number of ether oxygens (including phenoxy) is 1. The van der Waals surface area contributed by atoms with E-state index >= 15 is 0 Å². The van der Waals surface area contributed by atoms with Crippen molar-refractivity contribution in [2.75, 3.05) is 18.5 Å². The summed E-state index contributed by atoms with van der Waals surface area (Å²) in [4.78, 5) is 4.09. The number of nitrogens with zero attached hydrogens (tertiary/aromatic N) is 1. The molecule has 0 atom stereocenters. The highest BCUT2D eigenvalue weighted by molar-refractivity contribution is 6.42. The molecule has 1 aromatic rings. The number of hydrogen-bond acceptors (Lipinski definition) is 3. The monoisotopic (exact) mass is 230 g/mol. The molecule has 0 saturated heterocycles. The van der Waals surface area contributed by atoms with Crippen molar-refractivity contribution >= 4 is 34.9 Å². The smallest absolute Gasteiger partial charge is 0.289 e. The minimum atomic E-state index is 0.510. The van der Waals surface area contributed by atoms with E-state index in [9.17, 15) is 0 Å². The molecule has 14 heavy (non-hydrogen) atoms. The number of anilines is 1. The van der Waals surface area contributed by atoms with Gasteiger partial charge in [0, 0.05) is 5.69 Å². The van der Waals surface area contributed by atoms with Crippen LogP contribution in [0.2, 0.25) is 10.0 Å². The number of aliphatic imine (C=N–C) groups is 1. The maximum Gasteiger partial charge on any atom is 0.289 e. The van der Waals surface area contributed by atoms with Crippen LogP contribution in [0.5, 0.6) is 0 Å². The minimum Gasteiger partial charge on any atom is -0.463 e. The third-order valence-corrected chi connectivity index (χ3v) is 2.50. The Balaban J connectivity index is 2.13. The van der Waals surface area contributed by atoms with Crippen LogP contribution in [0.4, 0.5) is 5.69 Å². The summed E-state index contributed by atoms with van der Waals surface area (Å²) in [7, 11) is 0. The predicted octanol–water partition coefficient (Wildman–Crippen LogP) is 2.79. The molecule has 0 saturated carbocycles. The zero-order valence-electron chi connectivity index (χ0n) is 7.26. The van der Waals surface area contributed by atoms with Gasteiger partial charge in [0.2, 0.25) is 0 Å². The van der Waals surface area contributed by atoms with E-state index in [1.54, 1.807) is 12.1 Å². The summed E-state index contributed by atoms with van der Waals surface area (Å²) in [6, 6.07) is 5.80. The number of rotatable bonds is 1. The van der Waals surface area contributed by atoms with Crippen LogP contribution in [0.15, 0.2) is 23.2 Å². The molecule has 1 aromatic carbocycles. The summed E-state index contributed by atoms with van der Waals surface area (Å²) in [5, 5.41) is 4.04. The van der Waals surface area contributed by atoms with Gasteiger partial charge in [0.1, 0.15) is 6.61 Å². The van der Waals surface area contributed by atoms with E-state index in [4.69, 9.17) is 27.9 Å². The molecular formula is C9H8Cl2N2O. The lowest BCUT2D eigenvalue weighted by Crippen LogP contribution is -2.11. The molecule has 1 aliphatic rings. The van der Waals surface area contributed by atoms with E-state index in [2.05, 4.69) is 10.3 Å². The molecule has 3 nitrogen and oxygen atoms in total. The second kappa shape index (κ2) is 4.07. The average Bonchev–Trinajstić information content (AvgIpc) is 2.64. The SMILES string of the molecule is Clc1ccc(NC2=NCCO2)cc1Cl. The summed E-state index contributed by atoms with van der Waals surface area (Å²) in [5.41, 5.74) is 0.819. The van der Waals surface area contributed by atoms with Gasteiger partial charge in [-0.15, -0.1) is 0 Å². The first-order valence-corrected chi connectivity index (χ1v) is 4.90. The topological polar surface area (TPSA) is 33.6 Å². The van der Waals surface area contributed by atoms with Gasteiger partial charge in [-0.2, -0.15) is 0 Å². The Morgan fingerprint density at radius 3 is 2.79 bits per heavy atom. The number of hydrogen-bond donors (Lipinski definition) is 1. The first-order chi connectivity index (χ1) is 6.75. The van der Waals surface area contributed by atoms with Gasteiger partial charge in [0.15, 0.2) is 0 Å². The van der Waals surface area contributed by atoms with E-state index in [0.717, 1.165) is 5.69 Å². The maximum absolute atomic E-state index is 5.85. The lowest BCUT2D eigenvalue weighted by molar-refractivity contribution is 0.346. The highest BCUT2D eigenvalue weighted by atomic mass is 35.5. The van der Waals surface area contributed by atoms with Gasteiger partial charge < -0.3 is 10.1 Å². The summed E-state index contributed by atoms with van der Waals surface area (Å²) in [6.45, 7) is 1.33. The molecule has 0 bridgehead atoms. The summed E-state index contributed by atoms with van der Waals surface area (Å²) < 4.78 is 5.19. The van der Waals surface area contributed by atoms with Crippen LogP contribution in [0, 0.1) is 0 Å². The van der Waals surface area contributed by atoms with Gasteiger partial charge in [0.25, 0.3) is 6.02 Å². The maximum atomic E-state index is 5.85. The molecule has 0 radical (unpaired) electrons. The fourth-order valence-electron chi connectivity index (χ4n) is 1.11. The van der Waals surface area contributed by atoms with Crippen LogP contribution in [0.3, 0.4) is 0 Å². The molecule has 1 heterocycles. The molecule has 5 heteroatoms. The number of nitrogens with one attached hydrogen (secondary N) is 1. The van der Waals surface area contributed by atoms with E-state index in [-0.39, 0.29) is 0 Å². The normalized spacial score (nSPS) is 14.9. The van der Waals surface area contributed by atoms with Crippen molar-refractivity contribution in [3.05, 3.63) is 28.2 Å². The van der Waals surface area contributed by atoms with Gasteiger partial charge in [-0.3, -0.25) is 0 Å². The molecule has 0 amide bonds. The first kappa shape index (κ1) is 9.62. The number of halogens is 2. The summed E-state index contributed by atoms with van der Waals surface area (Å²) >= 11 is 11.6. The molecule has 0 aliphatic carbocycles. The predicted molar refractivity (Wildman–Crippen MR) is 58.3 cm³/mol. The van der Waals surface area contributed by atoms with Crippen LogP contribution < -0.4 is 5.32 Å². The third kappa shape index (κ3) is 2.11. The highest BCUT2D eigenvalue weighted by Gasteiger charge is 2.07. The minimum absolute atomic E-state index is 0.510. The number of benzene rings is 1. The molecule has 0 aromatic heterocycles. The van der Waals surface area contributed by atoms with Gasteiger partial charge >= 0.3 is 0 Å². The van der Waals surface area contributed by atoms with Crippen LogP contribution in [-0.4, -0.2) is 19.2 Å². The van der Waals surface area contributed by atoms with Crippen LogP contribution in [-0.2, 0) is 4.74 Å². The van der Waals surface area contributed by atoms with E-state index in [1.807, 2.05) is 6.07 Å². The molecule has 1 N–H and O–H groups in total. The lowest BCUT2D eigenvalue weighted by atomic mass is 10.3. The summed E-state index contributed by atoms with van der Waals surface area (Å²) in [6.07, 6.45) is 0. The van der Waals surface area contributed by atoms with Crippen molar-refractivity contribution in [3.63, 3.8) is 0 Å². The fraction of sp³-hybridized carbons (Fsp3) is 0.222.